The van der Waals surface area contributed by atoms with Gasteiger partial charge in [0, 0.05) is 18.2 Å². The van der Waals surface area contributed by atoms with Crippen LogP contribution in [0.3, 0.4) is 0 Å². The molecule has 0 spiro atoms. The molecule has 2 aromatic rings. The maximum absolute atomic E-state index is 12.6. The summed E-state index contributed by atoms with van der Waals surface area (Å²) in [6.45, 7) is 2.04. The molecule has 0 aliphatic carbocycles. The van der Waals surface area contributed by atoms with E-state index in [1.807, 2.05) is 24.3 Å². The van der Waals surface area contributed by atoms with Gasteiger partial charge >= 0.3 is 5.97 Å². The van der Waals surface area contributed by atoms with Crippen molar-refractivity contribution in [1.82, 2.24) is 4.98 Å². The molecule has 6 nitrogen and oxygen atoms in total. The first-order valence-electron chi connectivity index (χ1n) is 6.60. The molecule has 1 aliphatic heterocycles. The lowest BCUT2D eigenvalue weighted by Crippen LogP contribution is -2.30. The number of carboxylic acid groups (broad SMARTS) is 1. The number of hydrogen-bond donors (Lipinski definition) is 1. The fraction of sp³-hybridized carbons (Fsp3) is 0.267. The number of benzene rings is 1. The average molecular weight is 286 g/mol. The highest BCUT2D eigenvalue weighted by Gasteiger charge is 2.35. The number of hydrogen-bond acceptors (Lipinski definition) is 4. The number of fused-ring (bicyclic) bond motifs is 1. The van der Waals surface area contributed by atoms with Crippen LogP contribution in [0.25, 0.3) is 0 Å². The van der Waals surface area contributed by atoms with Crippen LogP contribution in [0.15, 0.2) is 35.1 Å². The number of carbonyl (C=O) groups is 2. The number of anilines is 1. The average Bonchev–Trinajstić information content (AvgIpc) is 3.02. The summed E-state index contributed by atoms with van der Waals surface area (Å²) in [4.78, 5) is 29.1. The summed E-state index contributed by atoms with van der Waals surface area (Å²) in [6.07, 6.45) is 1.23. The minimum atomic E-state index is -0.875. The van der Waals surface area contributed by atoms with Gasteiger partial charge in [0.1, 0.15) is 0 Å². The Kier molecular flexibility index (Phi) is 3.21. The molecule has 1 amide bonds. The number of carbonyl (C=O) groups excluding carboxylic acids is 1. The number of aliphatic carboxylic acids is 1. The summed E-state index contributed by atoms with van der Waals surface area (Å²) in [5.74, 6) is -1.17. The minimum absolute atomic E-state index is 0.00379. The predicted molar refractivity (Wildman–Crippen MR) is 74.4 cm³/mol. The SMILES string of the molecule is Cc1ncoc1C(=O)N1CC(CC(=O)O)c2ccccc21. The highest BCUT2D eigenvalue weighted by atomic mass is 16.4. The van der Waals surface area contributed by atoms with Crippen molar-refractivity contribution in [2.75, 3.05) is 11.4 Å². The summed E-state index contributed by atoms with van der Waals surface area (Å²) in [5, 5.41) is 9.02. The van der Waals surface area contributed by atoms with Gasteiger partial charge in [-0.15, -0.1) is 0 Å². The molecule has 1 aromatic carbocycles. The zero-order chi connectivity index (χ0) is 15.0. The number of oxazole rings is 1. The maximum atomic E-state index is 12.6. The van der Waals surface area contributed by atoms with Crippen molar-refractivity contribution in [3.63, 3.8) is 0 Å². The fourth-order valence-electron chi connectivity index (χ4n) is 2.70. The van der Waals surface area contributed by atoms with E-state index in [1.54, 1.807) is 11.8 Å². The quantitative estimate of drug-likeness (QED) is 0.935. The van der Waals surface area contributed by atoms with Gasteiger partial charge in [0.25, 0.3) is 5.91 Å². The lowest BCUT2D eigenvalue weighted by molar-refractivity contribution is -0.137. The molecule has 21 heavy (non-hydrogen) atoms. The molecule has 1 atom stereocenters. The molecule has 3 rings (SSSR count). The number of aryl methyl sites for hydroxylation is 1. The molecule has 0 bridgehead atoms. The van der Waals surface area contributed by atoms with Crippen LogP contribution in [0.1, 0.15) is 34.2 Å². The summed E-state index contributed by atoms with van der Waals surface area (Å²) in [7, 11) is 0. The molecule has 0 saturated carbocycles. The first-order valence-corrected chi connectivity index (χ1v) is 6.60. The van der Waals surface area contributed by atoms with Crippen molar-refractivity contribution in [1.29, 1.82) is 0 Å². The molecule has 1 unspecified atom stereocenters. The third-order valence-electron chi connectivity index (χ3n) is 3.68. The maximum Gasteiger partial charge on any atom is 0.304 e. The Morgan fingerprint density at radius 3 is 2.86 bits per heavy atom. The third-order valence-corrected chi connectivity index (χ3v) is 3.68. The Morgan fingerprint density at radius 1 is 1.43 bits per heavy atom. The van der Waals surface area contributed by atoms with E-state index < -0.39 is 5.97 Å². The van der Waals surface area contributed by atoms with Gasteiger partial charge in [-0.05, 0) is 18.6 Å². The fourth-order valence-corrected chi connectivity index (χ4v) is 2.70. The van der Waals surface area contributed by atoms with E-state index in [4.69, 9.17) is 9.52 Å². The minimum Gasteiger partial charge on any atom is -0.481 e. The molecule has 0 saturated heterocycles. The summed E-state index contributed by atoms with van der Waals surface area (Å²) >= 11 is 0. The Hall–Kier alpha value is -2.63. The Bertz CT molecular complexity index is 707. The second-order valence-electron chi connectivity index (χ2n) is 5.04. The number of nitrogens with zero attached hydrogens (tertiary/aromatic N) is 2. The van der Waals surface area contributed by atoms with Crippen LogP contribution in [0.4, 0.5) is 5.69 Å². The number of rotatable bonds is 3. The molecule has 6 heteroatoms. The summed E-state index contributed by atoms with van der Waals surface area (Å²) < 4.78 is 5.15. The largest absolute Gasteiger partial charge is 0.481 e. The van der Waals surface area contributed by atoms with E-state index in [1.165, 1.54) is 6.39 Å². The monoisotopic (exact) mass is 286 g/mol. The van der Waals surface area contributed by atoms with Crippen molar-refractivity contribution < 1.29 is 19.1 Å². The summed E-state index contributed by atoms with van der Waals surface area (Å²) in [6, 6.07) is 7.36. The second-order valence-corrected chi connectivity index (χ2v) is 5.04. The van der Waals surface area contributed by atoms with Crippen LogP contribution < -0.4 is 4.90 Å². The van der Waals surface area contributed by atoms with Crippen LogP contribution in [0.5, 0.6) is 0 Å². The number of aromatic nitrogens is 1. The summed E-state index contributed by atoms with van der Waals surface area (Å²) in [5.41, 5.74) is 2.15. The lowest BCUT2D eigenvalue weighted by atomic mass is 9.98. The molecular formula is C15H14N2O4. The van der Waals surface area contributed by atoms with Crippen LogP contribution in [0, 0.1) is 6.92 Å². The van der Waals surface area contributed by atoms with E-state index in [0.717, 1.165) is 11.3 Å². The van der Waals surface area contributed by atoms with Crippen molar-refractivity contribution >= 4 is 17.6 Å². The van der Waals surface area contributed by atoms with Crippen molar-refractivity contribution in [2.45, 2.75) is 19.3 Å². The van der Waals surface area contributed by atoms with Gasteiger partial charge in [-0.2, -0.15) is 0 Å². The molecular weight excluding hydrogens is 272 g/mol. The zero-order valence-electron chi connectivity index (χ0n) is 11.4. The Balaban J connectivity index is 1.96. The third kappa shape index (κ3) is 2.29. The van der Waals surface area contributed by atoms with Crippen LogP contribution >= 0.6 is 0 Å². The van der Waals surface area contributed by atoms with Crippen molar-refractivity contribution in [3.8, 4) is 0 Å². The first kappa shape index (κ1) is 13.4. The van der Waals surface area contributed by atoms with Gasteiger partial charge in [0.05, 0.1) is 12.1 Å². The number of amides is 1. The lowest BCUT2D eigenvalue weighted by Gasteiger charge is -2.16. The van der Waals surface area contributed by atoms with E-state index >= 15 is 0 Å². The van der Waals surface area contributed by atoms with Crippen molar-refractivity contribution in [3.05, 3.63) is 47.7 Å². The van der Waals surface area contributed by atoms with Crippen LogP contribution in [0.2, 0.25) is 0 Å². The van der Waals surface area contributed by atoms with Gasteiger partial charge < -0.3 is 14.4 Å². The van der Waals surface area contributed by atoms with Gasteiger partial charge in [0.15, 0.2) is 6.39 Å². The van der Waals surface area contributed by atoms with Crippen molar-refractivity contribution in [2.24, 2.45) is 0 Å². The second kappa shape index (κ2) is 5.05. The highest BCUT2D eigenvalue weighted by molar-refractivity contribution is 6.06. The number of carboxylic acids is 1. The molecule has 1 aliphatic rings. The molecule has 0 fully saturated rings. The highest BCUT2D eigenvalue weighted by Crippen LogP contribution is 2.38. The molecule has 1 N–H and O–H groups in total. The van der Waals surface area contributed by atoms with E-state index in [0.29, 0.717) is 12.2 Å². The van der Waals surface area contributed by atoms with Gasteiger partial charge in [-0.1, -0.05) is 18.2 Å². The van der Waals surface area contributed by atoms with Crippen LogP contribution in [-0.4, -0.2) is 28.5 Å². The Labute approximate surface area is 121 Å². The zero-order valence-corrected chi connectivity index (χ0v) is 11.4. The Morgan fingerprint density at radius 2 is 2.19 bits per heavy atom. The van der Waals surface area contributed by atoms with E-state index in [9.17, 15) is 9.59 Å². The molecule has 0 radical (unpaired) electrons. The molecule has 2 heterocycles. The van der Waals surface area contributed by atoms with E-state index in [-0.39, 0.29) is 24.0 Å². The standard InChI is InChI=1S/C15H14N2O4/c1-9-14(21-8-16-9)15(20)17-7-10(6-13(18)19)11-4-2-3-5-12(11)17/h2-5,8,10H,6-7H2,1H3,(H,18,19). The molecule has 108 valence electrons. The van der Waals surface area contributed by atoms with Gasteiger partial charge in [-0.25, -0.2) is 4.98 Å². The van der Waals surface area contributed by atoms with Gasteiger partial charge in [-0.3, -0.25) is 9.59 Å². The molecule has 1 aromatic heterocycles. The normalized spacial score (nSPS) is 16.8. The topological polar surface area (TPSA) is 83.6 Å². The van der Waals surface area contributed by atoms with Gasteiger partial charge in [0.2, 0.25) is 5.76 Å². The smallest absolute Gasteiger partial charge is 0.304 e. The van der Waals surface area contributed by atoms with Crippen LogP contribution in [-0.2, 0) is 4.79 Å². The number of para-hydroxylation sites is 1. The first-order chi connectivity index (χ1) is 10.1. The predicted octanol–water partition coefficient (Wildman–Crippen LogP) is 2.20. The van der Waals surface area contributed by atoms with E-state index in [2.05, 4.69) is 4.98 Å².